The Hall–Kier alpha value is -3.03. The Morgan fingerprint density at radius 3 is 2.44 bits per heavy atom. The number of esters is 2. The van der Waals surface area contributed by atoms with Gasteiger partial charge < -0.3 is 25.2 Å². The number of benzene rings is 1. The Morgan fingerprint density at radius 2 is 1.88 bits per heavy atom. The molecule has 0 aliphatic carbocycles. The Bertz CT molecular complexity index is 1010. The minimum Gasteiger partial charge on any atom is -0.463 e. The molecule has 1 aromatic rings. The standard InChI is InChI=1S/C19H24FN3O8S/c1-4-30-17(25)15-10(2)21-19(27)22-14(15)9-31-18(26)16(11(3)24)23-32(28,29)13-7-5-12(20)6-8-13/h5-8,10-11,16,23-24H,4,9H2,1-3H3,(H2,21,22,27)/t10-,11+,16+/m0/s1. The van der Waals surface area contributed by atoms with E-state index in [4.69, 9.17) is 9.47 Å². The molecule has 0 saturated carbocycles. The fraction of sp³-hybridized carbons (Fsp3) is 0.421. The monoisotopic (exact) mass is 473 g/mol. The molecule has 1 heterocycles. The van der Waals surface area contributed by atoms with E-state index in [0.29, 0.717) is 0 Å². The molecule has 3 atom stereocenters. The number of ether oxygens (including phenoxy) is 2. The van der Waals surface area contributed by atoms with Crippen molar-refractivity contribution < 1.29 is 41.8 Å². The molecule has 176 valence electrons. The van der Waals surface area contributed by atoms with Crippen LogP contribution in [0.4, 0.5) is 9.18 Å². The van der Waals surface area contributed by atoms with Crippen LogP contribution >= 0.6 is 0 Å². The van der Waals surface area contributed by atoms with Crippen LogP contribution in [0, 0.1) is 5.82 Å². The first-order valence-electron chi connectivity index (χ1n) is 9.56. The van der Waals surface area contributed by atoms with Gasteiger partial charge in [0.1, 0.15) is 18.5 Å². The summed E-state index contributed by atoms with van der Waals surface area (Å²) in [6, 6.07) is 0.742. The predicted octanol–water partition coefficient (Wildman–Crippen LogP) is -0.0849. The van der Waals surface area contributed by atoms with Gasteiger partial charge in [-0.05, 0) is 45.0 Å². The first kappa shape index (κ1) is 25.2. The normalized spacial score (nSPS) is 18.3. The second-order valence-corrected chi connectivity index (χ2v) is 8.55. The van der Waals surface area contributed by atoms with Crippen molar-refractivity contribution in [3.63, 3.8) is 0 Å². The summed E-state index contributed by atoms with van der Waals surface area (Å²) in [7, 11) is -4.30. The average molecular weight is 473 g/mol. The lowest BCUT2D eigenvalue weighted by Crippen LogP contribution is -2.51. The summed E-state index contributed by atoms with van der Waals surface area (Å²) in [5.41, 5.74) is -0.0153. The molecule has 32 heavy (non-hydrogen) atoms. The molecule has 4 N–H and O–H groups in total. The number of halogens is 1. The van der Waals surface area contributed by atoms with Gasteiger partial charge in [0.25, 0.3) is 0 Å². The molecule has 11 nitrogen and oxygen atoms in total. The fourth-order valence-corrected chi connectivity index (χ4v) is 4.08. The van der Waals surface area contributed by atoms with Gasteiger partial charge in [0, 0.05) is 0 Å². The summed E-state index contributed by atoms with van der Waals surface area (Å²) >= 11 is 0. The quantitative estimate of drug-likeness (QED) is 0.362. The van der Waals surface area contributed by atoms with Crippen LogP contribution in [0.5, 0.6) is 0 Å². The van der Waals surface area contributed by atoms with E-state index in [2.05, 4.69) is 10.6 Å². The Balaban J connectivity index is 2.20. The highest BCUT2D eigenvalue weighted by Gasteiger charge is 2.33. The van der Waals surface area contributed by atoms with Crippen molar-refractivity contribution in [2.45, 2.75) is 43.9 Å². The summed E-state index contributed by atoms with van der Waals surface area (Å²) in [5, 5.41) is 14.7. The molecule has 0 unspecified atom stereocenters. The Labute approximate surface area is 184 Å². The number of hydrogen-bond acceptors (Lipinski definition) is 8. The molecule has 13 heteroatoms. The number of aliphatic hydroxyl groups is 1. The van der Waals surface area contributed by atoms with Crippen LogP contribution in [0.3, 0.4) is 0 Å². The van der Waals surface area contributed by atoms with Crippen LogP contribution in [0.15, 0.2) is 40.4 Å². The van der Waals surface area contributed by atoms with Gasteiger partial charge in [0.15, 0.2) is 0 Å². The molecular weight excluding hydrogens is 449 g/mol. The van der Waals surface area contributed by atoms with Crippen molar-refractivity contribution in [1.82, 2.24) is 15.4 Å². The predicted molar refractivity (Wildman–Crippen MR) is 108 cm³/mol. The smallest absolute Gasteiger partial charge is 0.338 e. The average Bonchev–Trinajstić information content (AvgIpc) is 2.70. The molecule has 1 aliphatic heterocycles. The van der Waals surface area contributed by atoms with Crippen molar-refractivity contribution in [3.8, 4) is 0 Å². The van der Waals surface area contributed by atoms with Crippen LogP contribution in [0.25, 0.3) is 0 Å². The van der Waals surface area contributed by atoms with E-state index >= 15 is 0 Å². The van der Waals surface area contributed by atoms with Gasteiger partial charge in [-0.3, -0.25) is 4.79 Å². The highest BCUT2D eigenvalue weighted by atomic mass is 32.2. The van der Waals surface area contributed by atoms with E-state index in [-0.39, 0.29) is 22.8 Å². The van der Waals surface area contributed by atoms with Gasteiger partial charge in [-0.15, -0.1) is 0 Å². The maximum absolute atomic E-state index is 13.1. The molecule has 1 aliphatic rings. The van der Waals surface area contributed by atoms with Crippen molar-refractivity contribution in [1.29, 1.82) is 0 Å². The van der Waals surface area contributed by atoms with E-state index < -0.39 is 58.6 Å². The molecule has 0 saturated heterocycles. The largest absolute Gasteiger partial charge is 0.463 e. The third kappa shape index (κ3) is 6.24. The zero-order chi connectivity index (χ0) is 24.1. The van der Waals surface area contributed by atoms with Gasteiger partial charge in [0.05, 0.1) is 34.9 Å². The lowest BCUT2D eigenvalue weighted by atomic mass is 10.0. The molecule has 0 aromatic heterocycles. The summed E-state index contributed by atoms with van der Waals surface area (Å²) in [6.07, 6.45) is -1.50. The van der Waals surface area contributed by atoms with E-state index in [1.807, 2.05) is 4.72 Å². The third-order valence-corrected chi connectivity index (χ3v) is 5.82. The van der Waals surface area contributed by atoms with Crippen molar-refractivity contribution in [3.05, 3.63) is 41.4 Å². The fourth-order valence-electron chi connectivity index (χ4n) is 2.82. The van der Waals surface area contributed by atoms with Crippen LogP contribution in [0.2, 0.25) is 0 Å². The SMILES string of the molecule is CCOC(=O)C1=C(COC(=O)[C@H](NS(=O)(=O)c2ccc(F)cc2)[C@@H](C)O)NC(=O)N[C@H]1C. The van der Waals surface area contributed by atoms with E-state index in [1.165, 1.54) is 6.92 Å². The lowest BCUT2D eigenvalue weighted by Gasteiger charge is -2.27. The number of amides is 2. The summed E-state index contributed by atoms with van der Waals surface area (Å²) in [5.74, 6) is -2.55. The van der Waals surface area contributed by atoms with Crippen LogP contribution in [-0.2, 0) is 29.1 Å². The van der Waals surface area contributed by atoms with Gasteiger partial charge >= 0.3 is 18.0 Å². The summed E-state index contributed by atoms with van der Waals surface area (Å²) < 4.78 is 50.0. The molecule has 1 aromatic carbocycles. The Morgan fingerprint density at radius 1 is 1.25 bits per heavy atom. The number of rotatable bonds is 9. The minimum absolute atomic E-state index is 0.0275. The van der Waals surface area contributed by atoms with E-state index in [9.17, 15) is 32.3 Å². The number of carbonyl (C=O) groups is 3. The second-order valence-electron chi connectivity index (χ2n) is 6.83. The summed E-state index contributed by atoms with van der Waals surface area (Å²) in [6.45, 7) is 3.77. The molecule has 0 spiro atoms. The highest BCUT2D eigenvalue weighted by molar-refractivity contribution is 7.89. The topological polar surface area (TPSA) is 160 Å². The lowest BCUT2D eigenvalue weighted by molar-refractivity contribution is -0.147. The first-order chi connectivity index (χ1) is 15.0. The minimum atomic E-state index is -4.30. The number of carbonyl (C=O) groups excluding carboxylic acids is 3. The zero-order valence-electron chi connectivity index (χ0n) is 17.5. The summed E-state index contributed by atoms with van der Waals surface area (Å²) in [4.78, 5) is 36.2. The van der Waals surface area contributed by atoms with Crippen molar-refractivity contribution >= 4 is 28.0 Å². The van der Waals surface area contributed by atoms with Crippen LogP contribution < -0.4 is 15.4 Å². The maximum atomic E-state index is 13.1. The van der Waals surface area contributed by atoms with Crippen LogP contribution in [-0.4, -0.2) is 62.9 Å². The van der Waals surface area contributed by atoms with Crippen molar-refractivity contribution in [2.24, 2.45) is 0 Å². The molecule has 0 bridgehead atoms. The number of urea groups is 1. The molecule has 0 fully saturated rings. The second kappa shape index (κ2) is 10.5. The third-order valence-electron chi connectivity index (χ3n) is 4.37. The van der Waals surface area contributed by atoms with Gasteiger partial charge in [0.2, 0.25) is 10.0 Å². The molecule has 0 radical (unpaired) electrons. The van der Waals surface area contributed by atoms with E-state index in [0.717, 1.165) is 31.2 Å². The van der Waals surface area contributed by atoms with Gasteiger partial charge in [-0.2, -0.15) is 4.72 Å². The number of aliphatic hydroxyl groups excluding tert-OH is 1. The first-order valence-corrected chi connectivity index (χ1v) is 11.0. The molecule has 2 rings (SSSR count). The number of sulfonamides is 1. The van der Waals surface area contributed by atoms with Gasteiger partial charge in [-0.1, -0.05) is 0 Å². The van der Waals surface area contributed by atoms with Gasteiger partial charge in [-0.25, -0.2) is 22.4 Å². The Kier molecular flexibility index (Phi) is 8.30. The maximum Gasteiger partial charge on any atom is 0.338 e. The zero-order valence-corrected chi connectivity index (χ0v) is 18.4. The molecular formula is C19H24FN3O8S. The molecule has 2 amide bonds. The van der Waals surface area contributed by atoms with E-state index in [1.54, 1.807) is 6.92 Å². The van der Waals surface area contributed by atoms with Crippen molar-refractivity contribution in [2.75, 3.05) is 13.2 Å². The van der Waals surface area contributed by atoms with Crippen LogP contribution in [0.1, 0.15) is 20.8 Å². The highest BCUT2D eigenvalue weighted by Crippen LogP contribution is 2.16. The number of nitrogens with one attached hydrogen (secondary N) is 3. The number of hydrogen-bond donors (Lipinski definition) is 4.